The summed E-state index contributed by atoms with van der Waals surface area (Å²) in [6.45, 7) is 8.75. The van der Waals surface area contributed by atoms with Gasteiger partial charge in [0.15, 0.2) is 0 Å². The fourth-order valence-electron chi connectivity index (χ4n) is 4.35. The minimum Gasteiger partial charge on any atom is -0.488 e. The highest BCUT2D eigenvalue weighted by Gasteiger charge is 2.17. The van der Waals surface area contributed by atoms with Gasteiger partial charge in [0.2, 0.25) is 5.95 Å². The van der Waals surface area contributed by atoms with Crippen molar-refractivity contribution < 1.29 is 4.74 Å². The summed E-state index contributed by atoms with van der Waals surface area (Å²) in [7, 11) is 0. The van der Waals surface area contributed by atoms with Crippen LogP contribution < -0.4 is 10.1 Å². The molecule has 5 heteroatoms. The molecule has 0 atom stereocenters. The molecule has 2 aromatic heterocycles. The first-order valence-electron chi connectivity index (χ1n) is 12.6. The molecule has 0 saturated carbocycles. The zero-order chi connectivity index (χ0) is 24.9. The van der Waals surface area contributed by atoms with Crippen LogP contribution in [0.1, 0.15) is 26.3 Å². The lowest BCUT2D eigenvalue weighted by atomic mass is 9.99. The third-order valence-electron chi connectivity index (χ3n) is 6.26. The second-order valence-corrected chi connectivity index (χ2v) is 9.38. The number of ether oxygens (including phenoxy) is 1. The van der Waals surface area contributed by atoms with Crippen LogP contribution in [0, 0.1) is 5.92 Å². The Bertz CT molecular complexity index is 1460. The van der Waals surface area contributed by atoms with Crippen LogP contribution in [0.3, 0.4) is 0 Å². The highest BCUT2D eigenvalue weighted by Crippen LogP contribution is 2.37. The SMILES string of the molecule is CCn1ccc2cc(-c3cnc(NCC(C)C)nc3-c3ccccc3OCc3ccccc3)ccc21. The molecule has 5 rings (SSSR count). The van der Waals surface area contributed by atoms with Crippen LogP contribution in [0.2, 0.25) is 0 Å². The van der Waals surface area contributed by atoms with E-state index in [1.807, 2.05) is 42.6 Å². The third kappa shape index (κ3) is 5.10. The monoisotopic (exact) mass is 476 g/mol. The van der Waals surface area contributed by atoms with Gasteiger partial charge in [-0.25, -0.2) is 9.97 Å². The standard InChI is InChI=1S/C31H32N4O/c1-4-35-17-16-25-18-24(14-15-28(25)35)27-20-33-31(32-19-22(2)3)34-30(27)26-12-8-9-13-29(26)36-21-23-10-6-5-7-11-23/h5-18,20,22H,4,19,21H2,1-3H3,(H,32,33,34). The van der Waals surface area contributed by atoms with E-state index in [1.54, 1.807) is 0 Å². The Balaban J connectivity index is 1.58. The van der Waals surface area contributed by atoms with E-state index in [9.17, 15) is 0 Å². The van der Waals surface area contributed by atoms with E-state index in [1.165, 1.54) is 10.9 Å². The van der Waals surface area contributed by atoms with Gasteiger partial charge in [-0.05, 0) is 54.3 Å². The number of hydrogen-bond donors (Lipinski definition) is 1. The molecule has 0 aliphatic carbocycles. The molecule has 182 valence electrons. The van der Waals surface area contributed by atoms with Crippen molar-refractivity contribution in [2.75, 3.05) is 11.9 Å². The lowest BCUT2D eigenvalue weighted by Gasteiger charge is -2.16. The second kappa shape index (κ2) is 10.6. The first kappa shape index (κ1) is 23.6. The number of nitrogens with one attached hydrogen (secondary N) is 1. The molecule has 1 N–H and O–H groups in total. The smallest absolute Gasteiger partial charge is 0.223 e. The molecule has 0 unspecified atom stereocenters. The van der Waals surface area contributed by atoms with Crippen molar-refractivity contribution in [2.24, 2.45) is 5.92 Å². The summed E-state index contributed by atoms with van der Waals surface area (Å²) in [5.74, 6) is 1.91. The van der Waals surface area contributed by atoms with Gasteiger partial charge in [0.05, 0.1) is 5.69 Å². The normalized spacial score (nSPS) is 11.2. The number of hydrogen-bond acceptors (Lipinski definition) is 4. The van der Waals surface area contributed by atoms with Gasteiger partial charge in [0, 0.05) is 47.5 Å². The number of anilines is 1. The highest BCUT2D eigenvalue weighted by atomic mass is 16.5. The molecule has 0 aliphatic rings. The molecule has 0 saturated heterocycles. The number of para-hydroxylation sites is 1. The van der Waals surface area contributed by atoms with Gasteiger partial charge >= 0.3 is 0 Å². The molecule has 0 spiro atoms. The molecule has 0 amide bonds. The minimum absolute atomic E-state index is 0.489. The molecule has 5 aromatic rings. The van der Waals surface area contributed by atoms with E-state index in [-0.39, 0.29) is 0 Å². The average molecular weight is 477 g/mol. The maximum absolute atomic E-state index is 6.31. The number of aromatic nitrogens is 3. The van der Waals surface area contributed by atoms with Crippen LogP contribution in [0.25, 0.3) is 33.3 Å². The summed E-state index contributed by atoms with van der Waals surface area (Å²) in [4.78, 5) is 9.67. The van der Waals surface area contributed by atoms with E-state index in [4.69, 9.17) is 9.72 Å². The number of nitrogens with zero attached hydrogens (tertiary/aromatic N) is 3. The molecule has 0 aliphatic heterocycles. The van der Waals surface area contributed by atoms with Gasteiger partial charge in [0.25, 0.3) is 0 Å². The van der Waals surface area contributed by atoms with Gasteiger partial charge < -0.3 is 14.6 Å². The van der Waals surface area contributed by atoms with E-state index >= 15 is 0 Å². The van der Waals surface area contributed by atoms with E-state index in [2.05, 4.69) is 84.3 Å². The summed E-state index contributed by atoms with van der Waals surface area (Å²) >= 11 is 0. The number of aryl methyl sites for hydroxylation is 1. The van der Waals surface area contributed by atoms with Gasteiger partial charge in [-0.3, -0.25) is 0 Å². The van der Waals surface area contributed by atoms with Crippen molar-refractivity contribution in [1.29, 1.82) is 0 Å². The molecular formula is C31H32N4O. The summed E-state index contributed by atoms with van der Waals surface area (Å²) in [5, 5.41) is 4.59. The molecule has 2 heterocycles. The van der Waals surface area contributed by atoms with E-state index in [0.29, 0.717) is 18.5 Å². The lowest BCUT2D eigenvalue weighted by Crippen LogP contribution is -2.11. The van der Waals surface area contributed by atoms with Gasteiger partial charge in [-0.2, -0.15) is 0 Å². The van der Waals surface area contributed by atoms with E-state index in [0.717, 1.165) is 46.8 Å². The molecule has 0 fully saturated rings. The largest absolute Gasteiger partial charge is 0.488 e. The van der Waals surface area contributed by atoms with Gasteiger partial charge in [0.1, 0.15) is 12.4 Å². The number of rotatable bonds is 9. The predicted molar refractivity (Wildman–Crippen MR) is 148 cm³/mol. The Hall–Kier alpha value is -4.12. The molecule has 0 bridgehead atoms. The fraction of sp³-hybridized carbons (Fsp3) is 0.226. The van der Waals surface area contributed by atoms with Crippen LogP contribution in [0.15, 0.2) is 91.3 Å². The number of fused-ring (bicyclic) bond motifs is 1. The van der Waals surface area contributed by atoms with Gasteiger partial charge in [-0.1, -0.05) is 62.4 Å². The predicted octanol–water partition coefficient (Wildman–Crippen LogP) is 7.43. The summed E-state index contributed by atoms with van der Waals surface area (Å²) < 4.78 is 8.56. The van der Waals surface area contributed by atoms with Crippen molar-refractivity contribution in [3.8, 4) is 28.1 Å². The summed E-state index contributed by atoms with van der Waals surface area (Å²) in [5.41, 5.74) is 6.22. The minimum atomic E-state index is 0.489. The highest BCUT2D eigenvalue weighted by molar-refractivity contribution is 5.90. The topological polar surface area (TPSA) is 52.0 Å². The maximum Gasteiger partial charge on any atom is 0.223 e. The van der Waals surface area contributed by atoms with Crippen LogP contribution in [0.4, 0.5) is 5.95 Å². The Morgan fingerprint density at radius 3 is 2.53 bits per heavy atom. The van der Waals surface area contributed by atoms with E-state index < -0.39 is 0 Å². The fourth-order valence-corrected chi connectivity index (χ4v) is 4.35. The van der Waals surface area contributed by atoms with Crippen LogP contribution >= 0.6 is 0 Å². The maximum atomic E-state index is 6.31. The molecule has 0 radical (unpaired) electrons. The van der Waals surface area contributed by atoms with Crippen molar-refractivity contribution in [3.05, 3.63) is 96.8 Å². The molecule has 5 nitrogen and oxygen atoms in total. The zero-order valence-electron chi connectivity index (χ0n) is 21.1. The zero-order valence-corrected chi connectivity index (χ0v) is 21.1. The Morgan fingerprint density at radius 2 is 1.72 bits per heavy atom. The van der Waals surface area contributed by atoms with Crippen molar-refractivity contribution >= 4 is 16.9 Å². The second-order valence-electron chi connectivity index (χ2n) is 9.38. The Labute approximate surface area is 212 Å². The van der Waals surface area contributed by atoms with Crippen molar-refractivity contribution in [3.63, 3.8) is 0 Å². The van der Waals surface area contributed by atoms with Crippen molar-refractivity contribution in [1.82, 2.24) is 14.5 Å². The van der Waals surface area contributed by atoms with Crippen LogP contribution in [0.5, 0.6) is 5.75 Å². The quantitative estimate of drug-likeness (QED) is 0.240. The van der Waals surface area contributed by atoms with Gasteiger partial charge in [-0.15, -0.1) is 0 Å². The lowest BCUT2D eigenvalue weighted by molar-refractivity contribution is 0.307. The number of benzene rings is 3. The average Bonchev–Trinajstić information content (AvgIpc) is 3.34. The molecular weight excluding hydrogens is 444 g/mol. The summed E-state index contributed by atoms with van der Waals surface area (Å²) in [6.07, 6.45) is 4.06. The Morgan fingerprint density at radius 1 is 0.917 bits per heavy atom. The van der Waals surface area contributed by atoms with Crippen molar-refractivity contribution in [2.45, 2.75) is 33.9 Å². The first-order chi connectivity index (χ1) is 17.6. The Kier molecular flexibility index (Phi) is 6.99. The summed E-state index contributed by atoms with van der Waals surface area (Å²) in [6, 6.07) is 27.1. The molecule has 3 aromatic carbocycles. The molecule has 36 heavy (non-hydrogen) atoms. The first-order valence-corrected chi connectivity index (χ1v) is 12.6. The third-order valence-corrected chi connectivity index (χ3v) is 6.26. The van der Waals surface area contributed by atoms with Crippen LogP contribution in [-0.2, 0) is 13.2 Å². The van der Waals surface area contributed by atoms with Crippen LogP contribution in [-0.4, -0.2) is 21.1 Å².